The number of hydrogen-bond donors (Lipinski definition) is 2. The van der Waals surface area contributed by atoms with E-state index in [1.54, 1.807) is 41.1 Å². The minimum atomic E-state index is -0.515. The lowest BCUT2D eigenvalue weighted by Crippen LogP contribution is -2.28. The van der Waals surface area contributed by atoms with Crippen molar-refractivity contribution in [3.05, 3.63) is 100.0 Å². The quantitative estimate of drug-likeness (QED) is 0.640. The van der Waals surface area contributed by atoms with Crippen molar-refractivity contribution in [3.63, 3.8) is 0 Å². The highest BCUT2D eigenvalue weighted by atomic mass is 16.2. The topological polar surface area (TPSA) is 80.2 Å². The largest absolute Gasteiger partial charge is 0.348 e. The number of carbonyl (C=O) groups excluding carboxylic acids is 2. The molecule has 0 aliphatic carbocycles. The summed E-state index contributed by atoms with van der Waals surface area (Å²) in [7, 11) is 0. The van der Waals surface area contributed by atoms with Crippen LogP contribution in [0.2, 0.25) is 0 Å². The first-order valence-electron chi connectivity index (χ1n) is 10.2. The van der Waals surface area contributed by atoms with Gasteiger partial charge in [0.2, 0.25) is 5.91 Å². The molecule has 0 atom stereocenters. The van der Waals surface area contributed by atoms with E-state index in [0.717, 1.165) is 11.1 Å². The lowest BCUT2D eigenvalue weighted by Gasteiger charge is -2.18. The molecule has 0 saturated heterocycles. The van der Waals surface area contributed by atoms with Crippen LogP contribution in [0.15, 0.2) is 77.7 Å². The van der Waals surface area contributed by atoms with Crippen molar-refractivity contribution < 1.29 is 9.59 Å². The summed E-state index contributed by atoms with van der Waals surface area (Å²) in [6.07, 6.45) is 1.76. The maximum Gasteiger partial charge on any atom is 0.251 e. The van der Waals surface area contributed by atoms with Crippen LogP contribution < -0.4 is 16.2 Å². The second-order valence-electron chi connectivity index (χ2n) is 8.45. The number of carbonyl (C=O) groups is 2. The number of nitrogens with one attached hydrogen (secondary N) is 2. The number of nitrogens with zero attached hydrogens (tertiary/aromatic N) is 1. The molecule has 0 radical (unpaired) electrons. The van der Waals surface area contributed by atoms with Gasteiger partial charge < -0.3 is 15.2 Å². The number of pyridine rings is 1. The maximum atomic E-state index is 12.5. The minimum absolute atomic E-state index is 0.0419. The van der Waals surface area contributed by atoms with Gasteiger partial charge in [0.25, 0.3) is 11.5 Å². The van der Waals surface area contributed by atoms with E-state index in [-0.39, 0.29) is 17.4 Å². The van der Waals surface area contributed by atoms with E-state index in [0.29, 0.717) is 24.3 Å². The highest BCUT2D eigenvalue weighted by molar-refractivity contribution is 5.98. The van der Waals surface area contributed by atoms with E-state index < -0.39 is 5.41 Å². The van der Waals surface area contributed by atoms with Crippen LogP contribution in [0.3, 0.4) is 0 Å². The van der Waals surface area contributed by atoms with Crippen LogP contribution in [-0.2, 0) is 17.9 Å². The Morgan fingerprint density at radius 3 is 2.29 bits per heavy atom. The fraction of sp³-hybridized carbons (Fsp3) is 0.240. The molecule has 0 aliphatic heterocycles. The summed E-state index contributed by atoms with van der Waals surface area (Å²) >= 11 is 0. The van der Waals surface area contributed by atoms with Gasteiger partial charge in [-0.15, -0.1) is 0 Å². The summed E-state index contributed by atoms with van der Waals surface area (Å²) in [5.41, 5.74) is 2.47. The molecular formula is C25H27N3O3. The van der Waals surface area contributed by atoms with Gasteiger partial charge in [0.1, 0.15) is 0 Å². The van der Waals surface area contributed by atoms with Crippen molar-refractivity contribution in [1.82, 2.24) is 9.88 Å². The predicted molar refractivity (Wildman–Crippen MR) is 122 cm³/mol. The number of rotatable bonds is 6. The van der Waals surface area contributed by atoms with E-state index in [2.05, 4.69) is 10.6 Å². The molecule has 3 rings (SSSR count). The molecule has 2 N–H and O–H groups in total. The second kappa shape index (κ2) is 9.43. The molecule has 0 saturated carbocycles. The third-order valence-electron chi connectivity index (χ3n) is 4.79. The maximum absolute atomic E-state index is 12.5. The molecule has 1 heterocycles. The lowest BCUT2D eigenvalue weighted by molar-refractivity contribution is -0.123. The van der Waals surface area contributed by atoms with Crippen LogP contribution in [-0.4, -0.2) is 16.4 Å². The average Bonchev–Trinajstić information content (AvgIpc) is 2.74. The zero-order valence-electron chi connectivity index (χ0n) is 18.0. The molecule has 0 spiro atoms. The number of hydrogen-bond acceptors (Lipinski definition) is 3. The van der Waals surface area contributed by atoms with Gasteiger partial charge in [0.05, 0.1) is 6.54 Å². The smallest absolute Gasteiger partial charge is 0.251 e. The Morgan fingerprint density at radius 2 is 1.61 bits per heavy atom. The van der Waals surface area contributed by atoms with Gasteiger partial charge >= 0.3 is 0 Å². The van der Waals surface area contributed by atoms with E-state index in [1.165, 1.54) is 6.07 Å². The summed E-state index contributed by atoms with van der Waals surface area (Å²) in [6, 6.07) is 19.7. The van der Waals surface area contributed by atoms with E-state index in [1.807, 2.05) is 51.1 Å². The fourth-order valence-electron chi connectivity index (χ4n) is 2.89. The first-order valence-corrected chi connectivity index (χ1v) is 10.2. The molecule has 160 valence electrons. The van der Waals surface area contributed by atoms with E-state index in [9.17, 15) is 14.4 Å². The Kier molecular flexibility index (Phi) is 6.70. The number of aromatic nitrogens is 1. The molecule has 6 nitrogen and oxygen atoms in total. The molecular weight excluding hydrogens is 390 g/mol. The Bertz CT molecular complexity index is 1130. The first kappa shape index (κ1) is 22.0. The molecule has 0 unspecified atom stereocenters. The number of amides is 2. The zero-order valence-corrected chi connectivity index (χ0v) is 18.0. The second-order valence-corrected chi connectivity index (χ2v) is 8.45. The standard InChI is InChI=1S/C25H27N3O3/c1-25(2,3)24(31)27-21-8-6-7-20(15-21)23(30)26-16-18-10-12-19(13-11-18)17-28-14-5-4-9-22(28)29/h4-15H,16-17H2,1-3H3,(H,26,30)(H,27,31). The SMILES string of the molecule is CC(C)(C)C(=O)Nc1cccc(C(=O)NCc2ccc(Cn3ccccc3=O)cc2)c1. The summed E-state index contributed by atoms with van der Waals surface area (Å²) in [4.78, 5) is 36.5. The Hall–Kier alpha value is -3.67. The lowest BCUT2D eigenvalue weighted by atomic mass is 9.95. The van der Waals surface area contributed by atoms with E-state index in [4.69, 9.17) is 0 Å². The highest BCUT2D eigenvalue weighted by Gasteiger charge is 2.21. The first-order chi connectivity index (χ1) is 14.7. The summed E-state index contributed by atoms with van der Waals surface area (Å²) in [6.45, 7) is 6.38. The van der Waals surface area contributed by atoms with Crippen molar-refractivity contribution >= 4 is 17.5 Å². The molecule has 6 heteroatoms. The van der Waals surface area contributed by atoms with Crippen LogP contribution in [0.4, 0.5) is 5.69 Å². The molecule has 31 heavy (non-hydrogen) atoms. The molecule has 0 bridgehead atoms. The molecule has 0 fully saturated rings. The van der Waals surface area contributed by atoms with Gasteiger partial charge in [-0.3, -0.25) is 14.4 Å². The fourth-order valence-corrected chi connectivity index (χ4v) is 2.89. The van der Waals surface area contributed by atoms with Crippen molar-refractivity contribution in [2.45, 2.75) is 33.9 Å². The third kappa shape index (κ3) is 6.15. The van der Waals surface area contributed by atoms with Crippen molar-refractivity contribution in [2.24, 2.45) is 5.41 Å². The molecule has 0 aliphatic rings. The zero-order chi connectivity index (χ0) is 22.4. The van der Waals surface area contributed by atoms with Gasteiger partial charge in [0.15, 0.2) is 0 Å². The van der Waals surface area contributed by atoms with Crippen molar-refractivity contribution in [2.75, 3.05) is 5.32 Å². The van der Waals surface area contributed by atoms with Crippen molar-refractivity contribution in [3.8, 4) is 0 Å². The van der Waals surface area contributed by atoms with Crippen LogP contribution >= 0.6 is 0 Å². The highest BCUT2D eigenvalue weighted by Crippen LogP contribution is 2.18. The third-order valence-corrected chi connectivity index (χ3v) is 4.79. The minimum Gasteiger partial charge on any atom is -0.348 e. The summed E-state index contributed by atoms with van der Waals surface area (Å²) < 4.78 is 1.64. The van der Waals surface area contributed by atoms with E-state index >= 15 is 0 Å². The number of benzene rings is 2. The van der Waals surface area contributed by atoms with Crippen LogP contribution in [0.1, 0.15) is 42.3 Å². The van der Waals surface area contributed by atoms with Gasteiger partial charge in [-0.1, -0.05) is 57.2 Å². The van der Waals surface area contributed by atoms with Gasteiger partial charge in [-0.25, -0.2) is 0 Å². The van der Waals surface area contributed by atoms with Crippen molar-refractivity contribution in [1.29, 1.82) is 0 Å². The monoisotopic (exact) mass is 417 g/mol. The molecule has 3 aromatic rings. The van der Waals surface area contributed by atoms with Gasteiger partial charge in [-0.05, 0) is 35.4 Å². The Labute approximate surface area is 181 Å². The normalized spacial score (nSPS) is 11.1. The summed E-state index contributed by atoms with van der Waals surface area (Å²) in [5, 5.41) is 5.74. The predicted octanol–water partition coefficient (Wildman–Crippen LogP) is 3.81. The van der Waals surface area contributed by atoms with Crippen LogP contribution in [0.25, 0.3) is 0 Å². The number of anilines is 1. The van der Waals surface area contributed by atoms with Crippen LogP contribution in [0.5, 0.6) is 0 Å². The van der Waals surface area contributed by atoms with Crippen LogP contribution in [0, 0.1) is 5.41 Å². The molecule has 2 amide bonds. The average molecular weight is 418 g/mol. The Morgan fingerprint density at radius 1 is 0.903 bits per heavy atom. The molecule has 2 aromatic carbocycles. The molecule has 1 aromatic heterocycles. The van der Waals surface area contributed by atoms with Gasteiger partial charge in [0, 0.05) is 35.5 Å². The van der Waals surface area contributed by atoms with Gasteiger partial charge in [-0.2, -0.15) is 0 Å². The Balaban J connectivity index is 1.58. The summed E-state index contributed by atoms with van der Waals surface area (Å²) in [5.74, 6) is -0.324.